The number of anilines is 1. The summed E-state index contributed by atoms with van der Waals surface area (Å²) in [6, 6.07) is 12.8. The molecule has 0 spiro atoms. The molecule has 1 aliphatic heterocycles. The molecule has 0 saturated heterocycles. The van der Waals surface area contributed by atoms with Crippen molar-refractivity contribution in [3.8, 4) is 0 Å². The first-order chi connectivity index (χ1) is 11.6. The number of carbonyl (C=O) groups is 3. The Hall–Kier alpha value is -2.99. The maximum Gasteiger partial charge on any atom is 0.338 e. The van der Waals surface area contributed by atoms with Gasteiger partial charge in [-0.2, -0.15) is 0 Å². The van der Waals surface area contributed by atoms with E-state index in [1.165, 1.54) is 19.2 Å². The zero-order valence-corrected chi connectivity index (χ0v) is 13.0. The monoisotopic (exact) mass is 325 g/mol. The molecule has 122 valence electrons. The number of nitrogens with zero attached hydrogens (tertiary/aromatic N) is 1. The summed E-state index contributed by atoms with van der Waals surface area (Å²) in [4.78, 5) is 37.7. The molecule has 0 fully saturated rings. The molecule has 6 nitrogen and oxygen atoms in total. The van der Waals surface area contributed by atoms with Crippen LogP contribution in [0, 0.1) is 0 Å². The standard InChI is InChI=1S/C18H15NO5/c1-23-10-11-24-18(22)12-6-8-13(9-7-12)19-16(20)14-4-2-3-5-15(14)17(19)21/h2-9H,10-11H2,1H3. The first-order valence-electron chi connectivity index (χ1n) is 7.37. The van der Waals surface area contributed by atoms with Crippen molar-refractivity contribution in [1.29, 1.82) is 0 Å². The first-order valence-corrected chi connectivity index (χ1v) is 7.37. The van der Waals surface area contributed by atoms with Gasteiger partial charge in [-0.15, -0.1) is 0 Å². The molecule has 0 atom stereocenters. The molecule has 2 aromatic carbocycles. The van der Waals surface area contributed by atoms with Crippen LogP contribution in [0.3, 0.4) is 0 Å². The number of fused-ring (bicyclic) bond motifs is 1. The number of carbonyl (C=O) groups excluding carboxylic acids is 3. The number of benzene rings is 2. The zero-order valence-electron chi connectivity index (χ0n) is 13.0. The van der Waals surface area contributed by atoms with E-state index < -0.39 is 5.97 Å². The highest BCUT2D eigenvalue weighted by molar-refractivity contribution is 6.34. The Bertz CT molecular complexity index is 762. The van der Waals surface area contributed by atoms with Crippen molar-refractivity contribution >= 4 is 23.5 Å². The number of methoxy groups -OCH3 is 1. The van der Waals surface area contributed by atoms with E-state index in [4.69, 9.17) is 9.47 Å². The second kappa shape index (κ2) is 6.64. The molecular weight excluding hydrogens is 310 g/mol. The van der Waals surface area contributed by atoms with Gasteiger partial charge in [0.1, 0.15) is 6.61 Å². The van der Waals surface area contributed by atoms with E-state index in [0.29, 0.717) is 29.0 Å². The van der Waals surface area contributed by atoms with Crippen LogP contribution in [-0.2, 0) is 9.47 Å². The number of ether oxygens (including phenoxy) is 2. The van der Waals surface area contributed by atoms with Gasteiger partial charge in [-0.05, 0) is 36.4 Å². The Morgan fingerprint density at radius 3 is 2.04 bits per heavy atom. The van der Waals surface area contributed by atoms with E-state index in [2.05, 4.69) is 0 Å². The van der Waals surface area contributed by atoms with Gasteiger partial charge in [0.2, 0.25) is 0 Å². The molecule has 0 bridgehead atoms. The number of hydrogen-bond donors (Lipinski definition) is 0. The summed E-state index contributed by atoms with van der Waals surface area (Å²) in [5.41, 5.74) is 1.51. The Labute approximate surface area is 138 Å². The van der Waals surface area contributed by atoms with E-state index in [1.54, 1.807) is 36.4 Å². The second-order valence-corrected chi connectivity index (χ2v) is 5.17. The molecule has 0 N–H and O–H groups in total. The van der Waals surface area contributed by atoms with Crippen LogP contribution in [0.25, 0.3) is 0 Å². The Kier molecular flexibility index (Phi) is 4.39. The summed E-state index contributed by atoms with van der Waals surface area (Å²) in [6.45, 7) is 0.481. The summed E-state index contributed by atoms with van der Waals surface area (Å²) >= 11 is 0. The van der Waals surface area contributed by atoms with Crippen molar-refractivity contribution < 1.29 is 23.9 Å². The van der Waals surface area contributed by atoms with E-state index >= 15 is 0 Å². The van der Waals surface area contributed by atoms with Crippen molar-refractivity contribution in [1.82, 2.24) is 0 Å². The SMILES string of the molecule is COCCOC(=O)c1ccc(N2C(=O)c3ccccc3C2=O)cc1. The zero-order chi connectivity index (χ0) is 17.1. The normalized spacial score (nSPS) is 13.1. The Morgan fingerprint density at radius 2 is 1.50 bits per heavy atom. The molecular formula is C18H15NO5. The summed E-state index contributed by atoms with van der Waals surface area (Å²) in [5.74, 6) is -1.22. The molecule has 6 heteroatoms. The molecule has 1 aliphatic rings. The van der Waals surface area contributed by atoms with Crippen LogP contribution < -0.4 is 4.90 Å². The molecule has 1 heterocycles. The minimum atomic E-state index is -0.485. The maximum atomic E-state index is 12.4. The van der Waals surface area contributed by atoms with Crippen molar-refractivity contribution in [2.45, 2.75) is 0 Å². The highest BCUT2D eigenvalue weighted by atomic mass is 16.6. The van der Waals surface area contributed by atoms with Crippen LogP contribution in [0.5, 0.6) is 0 Å². The molecule has 0 aliphatic carbocycles. The highest BCUT2D eigenvalue weighted by Crippen LogP contribution is 2.28. The van der Waals surface area contributed by atoms with Crippen molar-refractivity contribution in [3.63, 3.8) is 0 Å². The molecule has 0 saturated carbocycles. The third-order valence-electron chi connectivity index (χ3n) is 3.68. The van der Waals surface area contributed by atoms with Gasteiger partial charge < -0.3 is 9.47 Å². The summed E-state index contributed by atoms with van der Waals surface area (Å²) in [6.07, 6.45) is 0. The minimum absolute atomic E-state index is 0.162. The fourth-order valence-corrected chi connectivity index (χ4v) is 2.47. The van der Waals surface area contributed by atoms with Crippen molar-refractivity contribution in [2.24, 2.45) is 0 Å². The lowest BCUT2D eigenvalue weighted by Gasteiger charge is -2.14. The van der Waals surface area contributed by atoms with Gasteiger partial charge in [0.15, 0.2) is 0 Å². The average molecular weight is 325 g/mol. The van der Waals surface area contributed by atoms with Crippen molar-refractivity contribution in [3.05, 3.63) is 65.2 Å². The molecule has 2 amide bonds. The third kappa shape index (κ3) is 2.79. The van der Waals surface area contributed by atoms with Gasteiger partial charge in [0.05, 0.1) is 29.0 Å². The average Bonchev–Trinajstić information content (AvgIpc) is 2.87. The van der Waals surface area contributed by atoms with E-state index in [0.717, 1.165) is 4.90 Å². The van der Waals surface area contributed by atoms with E-state index in [9.17, 15) is 14.4 Å². The molecule has 0 unspecified atom stereocenters. The maximum absolute atomic E-state index is 12.4. The molecule has 0 aromatic heterocycles. The fourth-order valence-electron chi connectivity index (χ4n) is 2.47. The lowest BCUT2D eigenvalue weighted by Crippen LogP contribution is -2.29. The van der Waals surface area contributed by atoms with E-state index in [-0.39, 0.29) is 18.4 Å². The quantitative estimate of drug-likeness (QED) is 0.479. The number of rotatable bonds is 5. The fraction of sp³-hybridized carbons (Fsp3) is 0.167. The minimum Gasteiger partial charge on any atom is -0.460 e. The predicted molar refractivity (Wildman–Crippen MR) is 86.2 cm³/mol. The number of imide groups is 1. The number of amides is 2. The topological polar surface area (TPSA) is 72.9 Å². The lowest BCUT2D eigenvalue weighted by atomic mass is 10.1. The molecule has 24 heavy (non-hydrogen) atoms. The smallest absolute Gasteiger partial charge is 0.338 e. The third-order valence-corrected chi connectivity index (χ3v) is 3.68. The highest BCUT2D eigenvalue weighted by Gasteiger charge is 2.36. The summed E-state index contributed by atoms with van der Waals surface area (Å²) < 4.78 is 9.83. The van der Waals surface area contributed by atoms with E-state index in [1.807, 2.05) is 0 Å². The lowest BCUT2D eigenvalue weighted by molar-refractivity contribution is 0.0388. The first kappa shape index (κ1) is 15.9. The van der Waals surface area contributed by atoms with Gasteiger partial charge in [-0.3, -0.25) is 9.59 Å². The predicted octanol–water partition coefficient (Wildman–Crippen LogP) is 2.29. The Balaban J connectivity index is 1.79. The summed E-state index contributed by atoms with van der Waals surface area (Å²) in [5, 5.41) is 0. The van der Waals surface area contributed by atoms with Crippen LogP contribution in [0.4, 0.5) is 5.69 Å². The molecule has 3 rings (SSSR count). The van der Waals surface area contributed by atoms with Gasteiger partial charge in [-0.25, -0.2) is 9.69 Å². The number of esters is 1. The van der Waals surface area contributed by atoms with Crippen LogP contribution in [0.15, 0.2) is 48.5 Å². The van der Waals surface area contributed by atoms with Gasteiger partial charge >= 0.3 is 5.97 Å². The molecule has 0 radical (unpaired) electrons. The van der Waals surface area contributed by atoms with Crippen LogP contribution in [0.1, 0.15) is 31.1 Å². The van der Waals surface area contributed by atoms with Crippen molar-refractivity contribution in [2.75, 3.05) is 25.2 Å². The Morgan fingerprint density at radius 1 is 0.917 bits per heavy atom. The van der Waals surface area contributed by atoms with Gasteiger partial charge in [0.25, 0.3) is 11.8 Å². The van der Waals surface area contributed by atoms with Crippen LogP contribution in [-0.4, -0.2) is 38.1 Å². The largest absolute Gasteiger partial charge is 0.460 e. The van der Waals surface area contributed by atoms with Gasteiger partial charge in [0, 0.05) is 7.11 Å². The summed E-state index contributed by atoms with van der Waals surface area (Å²) in [7, 11) is 1.52. The van der Waals surface area contributed by atoms with Crippen LogP contribution >= 0.6 is 0 Å². The van der Waals surface area contributed by atoms with Crippen LogP contribution in [0.2, 0.25) is 0 Å². The molecule has 2 aromatic rings. The van der Waals surface area contributed by atoms with Gasteiger partial charge in [-0.1, -0.05) is 12.1 Å². The number of hydrogen-bond acceptors (Lipinski definition) is 5. The second-order valence-electron chi connectivity index (χ2n) is 5.17.